The minimum absolute atomic E-state index is 0.510. The Kier molecular flexibility index (Phi) is 11.2. The molecule has 0 aromatic heterocycles. The molecule has 0 amide bonds. The third-order valence-electron chi connectivity index (χ3n) is 2.97. The van der Waals surface area contributed by atoms with E-state index in [1.54, 1.807) is 0 Å². The van der Waals surface area contributed by atoms with Gasteiger partial charge in [0, 0.05) is 21.5 Å². The van der Waals surface area contributed by atoms with E-state index >= 15 is 0 Å². The Morgan fingerprint density at radius 2 is 1.04 bits per heavy atom. The highest BCUT2D eigenvalue weighted by Crippen LogP contribution is 2.67. The van der Waals surface area contributed by atoms with E-state index < -0.39 is 30.0 Å². The van der Waals surface area contributed by atoms with Crippen LogP contribution in [-0.4, -0.2) is 22.0 Å². The molecule has 25 heavy (non-hydrogen) atoms. The fraction of sp³-hybridized carbons (Fsp3) is 1.00. The van der Waals surface area contributed by atoms with Gasteiger partial charge in [-0.05, 0) is 70.6 Å². The molecule has 0 radical (unpaired) electrons. The molecule has 0 saturated heterocycles. The Labute approximate surface area is 209 Å². The lowest BCUT2D eigenvalue weighted by Crippen LogP contribution is -2.40. The van der Waals surface area contributed by atoms with Gasteiger partial charge in [-0.2, -0.15) is 0 Å². The van der Waals surface area contributed by atoms with Gasteiger partial charge in [0.25, 0.3) is 0 Å². The van der Waals surface area contributed by atoms with Gasteiger partial charge < -0.3 is 0 Å². The van der Waals surface area contributed by atoms with Gasteiger partial charge in [-0.1, -0.05) is 82.8 Å². The van der Waals surface area contributed by atoms with E-state index in [9.17, 15) is 4.57 Å². The second-order valence-corrected chi connectivity index (χ2v) is 17.4. The molecule has 13 heteroatoms. The van der Waals surface area contributed by atoms with Crippen LogP contribution in [0.1, 0.15) is 34.6 Å². The molecule has 0 aromatic carbocycles. The lowest BCUT2D eigenvalue weighted by molar-refractivity contribution is 0.0243. The van der Waals surface area contributed by atoms with E-state index in [-0.39, 0.29) is 0 Å². The van der Waals surface area contributed by atoms with Crippen molar-refractivity contribution in [2.24, 2.45) is 10.8 Å². The summed E-state index contributed by atoms with van der Waals surface area (Å²) >= 11 is 32.1. The van der Waals surface area contributed by atoms with E-state index in [2.05, 4.69) is 95.6 Å². The van der Waals surface area contributed by atoms with Crippen molar-refractivity contribution in [1.82, 2.24) is 0 Å². The molecule has 0 atom stereocenters. The summed E-state index contributed by atoms with van der Waals surface area (Å²) in [6.07, 6.45) is 0. The Hall–Kier alpha value is 3.57. The molecular weight excluding hydrogens is 789 g/mol. The standard InChI is InChI=1S/C12H19Br6Cl2O4P/c1-8(2,6-13)11(15,16)23-25(21,22-10(5,19)20)24-12(17,18)9(3,4)7-14/h6-7H2,1-5H3. The van der Waals surface area contributed by atoms with Crippen molar-refractivity contribution in [3.63, 3.8) is 0 Å². The van der Waals surface area contributed by atoms with E-state index in [1.165, 1.54) is 6.92 Å². The summed E-state index contributed by atoms with van der Waals surface area (Å²) in [5.41, 5.74) is -1.12. The smallest absolute Gasteiger partial charge is 0.257 e. The highest BCUT2D eigenvalue weighted by atomic mass is 79.9. The Balaban J connectivity index is 5.89. The molecule has 0 rings (SSSR count). The summed E-state index contributed by atoms with van der Waals surface area (Å²) in [7, 11) is -4.30. The molecule has 0 aliphatic carbocycles. The highest BCUT2D eigenvalue weighted by Gasteiger charge is 2.55. The van der Waals surface area contributed by atoms with Crippen LogP contribution in [0.2, 0.25) is 0 Å². The summed E-state index contributed by atoms with van der Waals surface area (Å²) in [4.78, 5) is 0. The first-order valence-electron chi connectivity index (χ1n) is 6.72. The fourth-order valence-corrected chi connectivity index (χ4v) is 7.99. The number of hydrogen-bond acceptors (Lipinski definition) is 4. The fourth-order valence-electron chi connectivity index (χ4n) is 0.936. The van der Waals surface area contributed by atoms with Crippen LogP contribution in [0.15, 0.2) is 0 Å². The van der Waals surface area contributed by atoms with Gasteiger partial charge in [0.15, 0.2) is 6.84 Å². The molecule has 0 unspecified atom stereocenters. The molecule has 0 heterocycles. The van der Waals surface area contributed by atoms with Gasteiger partial charge in [0.1, 0.15) is 0 Å². The number of halogens is 8. The first-order chi connectivity index (χ1) is 10.7. The Morgan fingerprint density at radius 3 is 1.24 bits per heavy atom. The number of hydrogen-bond donors (Lipinski definition) is 0. The minimum atomic E-state index is -4.30. The first-order valence-corrected chi connectivity index (χ1v) is 14.3. The quantitative estimate of drug-likeness (QED) is 0.163. The predicted octanol–water partition coefficient (Wildman–Crippen LogP) is 9.02. The number of phosphoric acid groups is 1. The van der Waals surface area contributed by atoms with Gasteiger partial charge in [0.05, 0.1) is 0 Å². The SMILES string of the molecule is CC(Cl)(Cl)OP(=O)(OC(Br)(Br)C(C)(C)CBr)OC(Br)(Br)C(C)(C)CBr. The van der Waals surface area contributed by atoms with Crippen LogP contribution < -0.4 is 0 Å². The Bertz CT molecular complexity index is 476. The lowest BCUT2D eigenvalue weighted by atomic mass is 9.98. The average Bonchev–Trinajstić information content (AvgIpc) is 2.33. The average molecular weight is 809 g/mol. The van der Waals surface area contributed by atoms with Crippen molar-refractivity contribution in [2.45, 2.75) is 46.0 Å². The van der Waals surface area contributed by atoms with Gasteiger partial charge in [0.2, 0.25) is 4.52 Å². The van der Waals surface area contributed by atoms with Crippen LogP contribution >= 0.6 is 127 Å². The predicted molar refractivity (Wildman–Crippen MR) is 127 cm³/mol. The van der Waals surface area contributed by atoms with Crippen molar-refractivity contribution >= 4 is 127 Å². The van der Waals surface area contributed by atoms with Crippen LogP contribution in [0.5, 0.6) is 0 Å². The topological polar surface area (TPSA) is 44.8 Å². The maximum atomic E-state index is 13.4. The largest absolute Gasteiger partial charge is 0.481 e. The van der Waals surface area contributed by atoms with Crippen LogP contribution in [0.3, 0.4) is 0 Å². The normalized spacial score (nSPS) is 15.6. The first kappa shape index (κ1) is 28.6. The van der Waals surface area contributed by atoms with Crippen LogP contribution in [0, 0.1) is 10.8 Å². The van der Waals surface area contributed by atoms with Gasteiger partial charge in [-0.3, -0.25) is 9.05 Å². The molecule has 0 aliphatic rings. The molecule has 0 saturated carbocycles. The highest BCUT2D eigenvalue weighted by molar-refractivity contribution is 9.25. The minimum Gasteiger partial charge on any atom is -0.257 e. The molecule has 152 valence electrons. The number of alkyl halides is 8. The summed E-state index contributed by atoms with van der Waals surface area (Å²) in [5, 5.41) is 1.02. The summed E-state index contributed by atoms with van der Waals surface area (Å²) in [6.45, 7) is 8.79. The molecular formula is C12H19Br6Cl2O4P. The molecule has 0 aliphatic heterocycles. The van der Waals surface area contributed by atoms with E-state index in [4.69, 9.17) is 36.8 Å². The van der Waals surface area contributed by atoms with E-state index in [0.29, 0.717) is 10.7 Å². The van der Waals surface area contributed by atoms with Crippen LogP contribution in [0.4, 0.5) is 0 Å². The third kappa shape index (κ3) is 8.68. The molecule has 0 spiro atoms. The van der Waals surface area contributed by atoms with Gasteiger partial charge >= 0.3 is 7.82 Å². The molecule has 0 aromatic rings. The van der Waals surface area contributed by atoms with Crippen molar-refractivity contribution in [1.29, 1.82) is 0 Å². The van der Waals surface area contributed by atoms with Gasteiger partial charge in [-0.25, -0.2) is 9.09 Å². The van der Waals surface area contributed by atoms with Gasteiger partial charge in [-0.15, -0.1) is 0 Å². The molecule has 0 bridgehead atoms. The number of rotatable bonds is 10. The molecule has 0 fully saturated rings. The summed E-state index contributed by atoms with van der Waals surface area (Å²) < 4.78 is 25.7. The third-order valence-corrected chi connectivity index (χ3v) is 13.7. The zero-order chi connectivity index (χ0) is 20.5. The molecule has 4 nitrogen and oxygen atoms in total. The second-order valence-electron chi connectivity index (χ2n) is 6.60. The zero-order valence-corrected chi connectivity index (χ0v) is 25.9. The lowest BCUT2D eigenvalue weighted by Gasteiger charge is -2.42. The molecule has 0 N–H and O–H groups in total. The van der Waals surface area contributed by atoms with Crippen molar-refractivity contribution in [3.8, 4) is 0 Å². The second kappa shape index (κ2) is 9.80. The maximum absolute atomic E-state index is 13.4. The van der Waals surface area contributed by atoms with E-state index in [1.807, 2.05) is 27.7 Å². The van der Waals surface area contributed by atoms with Crippen molar-refractivity contribution < 1.29 is 18.1 Å². The number of phosphoric ester groups is 1. The summed E-state index contributed by atoms with van der Waals surface area (Å²) in [5.74, 6) is 0. The monoisotopic (exact) mass is 802 g/mol. The Morgan fingerprint density at radius 1 is 0.760 bits per heavy atom. The summed E-state index contributed by atoms with van der Waals surface area (Å²) in [6, 6.07) is 0. The van der Waals surface area contributed by atoms with Crippen LogP contribution in [-0.2, 0) is 18.1 Å². The van der Waals surface area contributed by atoms with E-state index in [0.717, 1.165) is 0 Å². The van der Waals surface area contributed by atoms with Crippen molar-refractivity contribution in [2.75, 3.05) is 10.7 Å². The maximum Gasteiger partial charge on any atom is 0.481 e. The zero-order valence-electron chi connectivity index (χ0n) is 14.0. The van der Waals surface area contributed by atoms with Crippen molar-refractivity contribution in [3.05, 3.63) is 0 Å². The van der Waals surface area contributed by atoms with Crippen LogP contribution in [0.25, 0.3) is 0 Å².